The molecule has 0 aliphatic heterocycles. The maximum atomic E-state index is 9.06. The van der Waals surface area contributed by atoms with Gasteiger partial charge in [-0.3, -0.25) is 4.98 Å². The van der Waals surface area contributed by atoms with Crippen LogP contribution in [0, 0.1) is 0 Å². The van der Waals surface area contributed by atoms with Crippen molar-refractivity contribution in [3.8, 4) is 21.1 Å². The van der Waals surface area contributed by atoms with Crippen LogP contribution in [0.3, 0.4) is 0 Å². The van der Waals surface area contributed by atoms with E-state index in [4.69, 9.17) is 10.0 Å². The Hall–Kier alpha value is -2.09. The second-order valence-electron chi connectivity index (χ2n) is 4.15. The zero-order valence-corrected chi connectivity index (χ0v) is 11.2. The number of hydrogen-bond acceptors (Lipinski definition) is 6. The summed E-state index contributed by atoms with van der Waals surface area (Å²) in [6.45, 7) is 0. The van der Waals surface area contributed by atoms with Crippen LogP contribution in [0.2, 0.25) is 0 Å². The fourth-order valence-corrected chi connectivity index (χ4v) is 2.58. The molecular formula is C13H10BN3O2S. The largest absolute Gasteiger partial charge is 0.488 e. The number of hydrogen-bond donors (Lipinski definition) is 2. The Bertz CT molecular complexity index is 701. The van der Waals surface area contributed by atoms with Crippen molar-refractivity contribution < 1.29 is 10.0 Å². The zero-order valence-electron chi connectivity index (χ0n) is 10.3. The Kier molecular flexibility index (Phi) is 3.55. The lowest BCUT2D eigenvalue weighted by atomic mass is 9.80. The van der Waals surface area contributed by atoms with Gasteiger partial charge in [-0.05, 0) is 17.6 Å². The van der Waals surface area contributed by atoms with E-state index in [1.54, 1.807) is 36.7 Å². The van der Waals surface area contributed by atoms with Gasteiger partial charge in [-0.1, -0.05) is 35.6 Å². The Labute approximate surface area is 119 Å². The minimum absolute atomic E-state index is 0.450. The van der Waals surface area contributed by atoms with Crippen LogP contribution >= 0.6 is 11.3 Å². The van der Waals surface area contributed by atoms with Crippen molar-refractivity contribution in [1.82, 2.24) is 15.2 Å². The first-order chi connectivity index (χ1) is 9.74. The monoisotopic (exact) mass is 283 g/mol. The molecule has 0 aliphatic rings. The van der Waals surface area contributed by atoms with E-state index in [1.807, 2.05) is 12.1 Å². The van der Waals surface area contributed by atoms with Crippen molar-refractivity contribution >= 4 is 23.9 Å². The van der Waals surface area contributed by atoms with Crippen molar-refractivity contribution in [2.24, 2.45) is 0 Å². The summed E-state index contributed by atoms with van der Waals surface area (Å²) >= 11 is 1.47. The Balaban J connectivity index is 1.90. The van der Waals surface area contributed by atoms with Gasteiger partial charge in [0.1, 0.15) is 10.0 Å². The molecule has 3 rings (SSSR count). The van der Waals surface area contributed by atoms with Gasteiger partial charge in [-0.25, -0.2) is 0 Å². The Morgan fingerprint density at radius 3 is 2.20 bits per heavy atom. The third kappa shape index (κ3) is 2.60. The number of nitrogens with zero attached hydrogens (tertiary/aromatic N) is 3. The number of aromatic nitrogens is 3. The first-order valence-electron chi connectivity index (χ1n) is 5.94. The highest BCUT2D eigenvalue weighted by Crippen LogP contribution is 2.28. The molecule has 0 saturated heterocycles. The molecule has 0 fully saturated rings. The fourth-order valence-electron chi connectivity index (χ4n) is 1.74. The van der Waals surface area contributed by atoms with E-state index in [2.05, 4.69) is 15.2 Å². The molecular weight excluding hydrogens is 273 g/mol. The van der Waals surface area contributed by atoms with Gasteiger partial charge in [0.15, 0.2) is 0 Å². The van der Waals surface area contributed by atoms with Gasteiger partial charge in [0.05, 0.1) is 0 Å². The van der Waals surface area contributed by atoms with Crippen molar-refractivity contribution in [2.45, 2.75) is 0 Å². The minimum atomic E-state index is -1.45. The van der Waals surface area contributed by atoms with Crippen LogP contribution in [0.4, 0.5) is 0 Å². The normalized spacial score (nSPS) is 10.5. The molecule has 2 heterocycles. The van der Waals surface area contributed by atoms with E-state index >= 15 is 0 Å². The fraction of sp³-hybridized carbons (Fsp3) is 0. The first kappa shape index (κ1) is 12.9. The van der Waals surface area contributed by atoms with Crippen molar-refractivity contribution in [1.29, 1.82) is 0 Å². The molecule has 0 amide bonds. The molecule has 0 saturated carbocycles. The molecule has 2 aromatic heterocycles. The van der Waals surface area contributed by atoms with E-state index < -0.39 is 7.12 Å². The van der Waals surface area contributed by atoms with Gasteiger partial charge in [0.25, 0.3) is 0 Å². The van der Waals surface area contributed by atoms with Crippen LogP contribution in [0.5, 0.6) is 0 Å². The van der Waals surface area contributed by atoms with Crippen LogP contribution in [-0.2, 0) is 0 Å². The first-order valence-corrected chi connectivity index (χ1v) is 6.76. The summed E-state index contributed by atoms with van der Waals surface area (Å²) in [5.41, 5.74) is 2.27. The number of benzene rings is 1. The van der Waals surface area contributed by atoms with Gasteiger partial charge < -0.3 is 10.0 Å². The molecule has 0 unspecified atom stereocenters. The smallest absolute Gasteiger partial charge is 0.423 e. The van der Waals surface area contributed by atoms with Gasteiger partial charge >= 0.3 is 7.12 Å². The van der Waals surface area contributed by atoms with E-state index in [0.29, 0.717) is 5.46 Å². The van der Waals surface area contributed by atoms with Gasteiger partial charge in [0.2, 0.25) is 0 Å². The third-order valence-electron chi connectivity index (χ3n) is 2.79. The summed E-state index contributed by atoms with van der Waals surface area (Å²) in [6, 6.07) is 10.7. The summed E-state index contributed by atoms with van der Waals surface area (Å²) < 4.78 is 0. The lowest BCUT2D eigenvalue weighted by Gasteiger charge is -1.99. The Morgan fingerprint density at radius 2 is 1.60 bits per heavy atom. The van der Waals surface area contributed by atoms with Crippen molar-refractivity contribution in [2.75, 3.05) is 0 Å². The predicted molar refractivity (Wildman–Crippen MR) is 78.4 cm³/mol. The maximum Gasteiger partial charge on any atom is 0.488 e. The highest BCUT2D eigenvalue weighted by Gasteiger charge is 2.12. The topological polar surface area (TPSA) is 79.1 Å². The lowest BCUT2D eigenvalue weighted by Crippen LogP contribution is -2.29. The summed E-state index contributed by atoms with van der Waals surface area (Å²) in [4.78, 5) is 4.06. The molecule has 0 radical (unpaired) electrons. The SMILES string of the molecule is OB(O)c1ccc(-c2nnc(-c3cccnc3)s2)cc1. The number of pyridine rings is 1. The Morgan fingerprint density at radius 1 is 0.900 bits per heavy atom. The second-order valence-corrected chi connectivity index (χ2v) is 5.13. The molecule has 0 atom stereocenters. The molecule has 98 valence electrons. The minimum Gasteiger partial charge on any atom is -0.423 e. The van der Waals surface area contributed by atoms with E-state index in [-0.39, 0.29) is 0 Å². The average Bonchev–Trinajstić information content (AvgIpc) is 2.98. The molecule has 7 heteroatoms. The molecule has 0 spiro atoms. The van der Waals surface area contributed by atoms with Crippen LogP contribution in [-0.4, -0.2) is 32.3 Å². The summed E-state index contributed by atoms with van der Waals surface area (Å²) in [5.74, 6) is 0. The number of rotatable bonds is 3. The molecule has 0 bridgehead atoms. The molecule has 0 aliphatic carbocycles. The lowest BCUT2D eigenvalue weighted by molar-refractivity contribution is 0.426. The van der Waals surface area contributed by atoms with Crippen LogP contribution in [0.15, 0.2) is 48.8 Å². The molecule has 20 heavy (non-hydrogen) atoms. The van der Waals surface area contributed by atoms with E-state index in [9.17, 15) is 0 Å². The molecule has 3 aromatic rings. The standard InChI is InChI=1S/C13H10BN3O2S/c18-14(19)11-5-3-9(4-6-11)12-16-17-13(20-12)10-2-1-7-15-8-10/h1-8,18-19H. The third-order valence-corrected chi connectivity index (χ3v) is 3.81. The van der Waals surface area contributed by atoms with Gasteiger partial charge in [-0.15, -0.1) is 10.2 Å². The summed E-state index contributed by atoms with van der Waals surface area (Å²) in [5, 5.41) is 28.0. The highest BCUT2D eigenvalue weighted by atomic mass is 32.1. The quantitative estimate of drug-likeness (QED) is 0.699. The van der Waals surface area contributed by atoms with Crippen LogP contribution < -0.4 is 5.46 Å². The molecule has 2 N–H and O–H groups in total. The van der Waals surface area contributed by atoms with Crippen molar-refractivity contribution in [3.05, 3.63) is 48.8 Å². The predicted octanol–water partition coefficient (Wildman–Crippen LogP) is 0.947. The summed E-state index contributed by atoms with van der Waals surface area (Å²) in [6.07, 6.45) is 3.46. The van der Waals surface area contributed by atoms with E-state index in [0.717, 1.165) is 21.1 Å². The second kappa shape index (κ2) is 5.50. The van der Waals surface area contributed by atoms with Gasteiger partial charge in [-0.2, -0.15) is 0 Å². The van der Waals surface area contributed by atoms with E-state index in [1.165, 1.54) is 11.3 Å². The van der Waals surface area contributed by atoms with Crippen LogP contribution in [0.25, 0.3) is 21.1 Å². The van der Waals surface area contributed by atoms with Crippen molar-refractivity contribution in [3.63, 3.8) is 0 Å². The average molecular weight is 283 g/mol. The summed E-state index contributed by atoms with van der Waals surface area (Å²) in [7, 11) is -1.45. The van der Waals surface area contributed by atoms with Gasteiger partial charge in [0, 0.05) is 23.5 Å². The highest BCUT2D eigenvalue weighted by molar-refractivity contribution is 7.17. The van der Waals surface area contributed by atoms with Crippen LogP contribution in [0.1, 0.15) is 0 Å². The zero-order chi connectivity index (χ0) is 13.9. The maximum absolute atomic E-state index is 9.06. The molecule has 1 aromatic carbocycles. The molecule has 5 nitrogen and oxygen atoms in total.